The molecule has 0 aromatic carbocycles. The van der Waals surface area contributed by atoms with Crippen molar-refractivity contribution in [2.75, 3.05) is 6.61 Å². The molecule has 2 rings (SSSR count). The van der Waals surface area contributed by atoms with E-state index in [9.17, 15) is 5.11 Å². The van der Waals surface area contributed by atoms with Crippen LogP contribution in [-0.2, 0) is 9.31 Å². The Morgan fingerprint density at radius 1 is 1.29 bits per heavy atom. The summed E-state index contributed by atoms with van der Waals surface area (Å²) in [6.45, 7) is 7.61. The lowest BCUT2D eigenvalue weighted by molar-refractivity contribution is 0.00578. The van der Waals surface area contributed by atoms with Gasteiger partial charge in [0.2, 0.25) is 5.82 Å². The van der Waals surface area contributed by atoms with E-state index < -0.39 is 18.3 Å². The molecule has 0 amide bonds. The Balaban J connectivity index is 2.24. The van der Waals surface area contributed by atoms with E-state index in [0.29, 0.717) is 11.0 Å². The highest BCUT2D eigenvalue weighted by atomic mass is 16.7. The van der Waals surface area contributed by atoms with Crippen molar-refractivity contribution >= 4 is 13.2 Å². The maximum atomic E-state index is 9.57. The minimum Gasteiger partial charge on any atom is -0.400 e. The average molecular weight is 287 g/mol. The van der Waals surface area contributed by atoms with E-state index in [4.69, 9.17) is 14.6 Å². The minimum atomic E-state index is -0.615. The number of aliphatic hydroxyl groups excluding tert-OH is 1. The molecule has 110 valence electrons. The van der Waals surface area contributed by atoms with Gasteiger partial charge in [-0.05, 0) is 33.2 Å². The molecule has 7 heteroatoms. The van der Waals surface area contributed by atoms with E-state index >= 15 is 0 Å². The molecule has 1 N–H and O–H groups in total. The number of aromatic nitrogens is 2. The Morgan fingerprint density at radius 2 is 1.81 bits per heavy atom. The third-order valence-corrected chi connectivity index (χ3v) is 3.86. The molecule has 1 aromatic rings. The molecule has 0 saturated carbocycles. The van der Waals surface area contributed by atoms with E-state index in [1.54, 1.807) is 6.08 Å². The molecule has 2 heterocycles. The zero-order valence-electron chi connectivity index (χ0n) is 12.6. The number of nitrogens with zero attached hydrogens (tertiary/aromatic N) is 3. The fourth-order valence-electron chi connectivity index (χ4n) is 1.87. The molecule has 0 aliphatic carbocycles. The number of nitriles is 1. The fourth-order valence-corrected chi connectivity index (χ4v) is 1.87. The molecule has 1 aliphatic rings. The third-order valence-electron chi connectivity index (χ3n) is 3.86. The summed E-state index contributed by atoms with van der Waals surface area (Å²) < 4.78 is 11.8. The van der Waals surface area contributed by atoms with Crippen LogP contribution in [0.5, 0.6) is 0 Å². The van der Waals surface area contributed by atoms with E-state index in [0.717, 1.165) is 0 Å². The highest BCUT2D eigenvalue weighted by molar-refractivity contribution is 6.55. The highest BCUT2D eigenvalue weighted by Gasteiger charge is 2.52. The first-order valence-corrected chi connectivity index (χ1v) is 6.68. The second-order valence-corrected chi connectivity index (χ2v) is 5.92. The van der Waals surface area contributed by atoms with Crippen molar-refractivity contribution < 1.29 is 14.4 Å². The van der Waals surface area contributed by atoms with E-state index in [-0.39, 0.29) is 12.4 Å². The molecular weight excluding hydrogens is 269 g/mol. The molecule has 1 aromatic heterocycles. The summed E-state index contributed by atoms with van der Waals surface area (Å²) in [5.41, 5.74) is 0.329. The molecular formula is C14H18BN3O3. The number of rotatable bonds is 3. The number of hydrogen-bond donors (Lipinski definition) is 1. The summed E-state index contributed by atoms with van der Waals surface area (Å²) in [5.74, 6) is 0.105. The van der Waals surface area contributed by atoms with Crippen LogP contribution in [0.2, 0.25) is 0 Å². The monoisotopic (exact) mass is 287 g/mol. The maximum Gasteiger partial charge on any atom is 0.492 e. The summed E-state index contributed by atoms with van der Waals surface area (Å²) in [6.07, 6.45) is 4.75. The Kier molecular flexibility index (Phi) is 4.14. The standard InChI is InChI=1S/C14H18BN3O3/c1-13(2)14(3,4)21-15(20-13)11(9-19)5-10-7-17-12(6-16)18-8-10/h5,7-8,19H,9H2,1-4H3. The Labute approximate surface area is 124 Å². The van der Waals surface area contributed by atoms with Gasteiger partial charge in [0, 0.05) is 18.0 Å². The zero-order chi connectivity index (χ0) is 15.7. The van der Waals surface area contributed by atoms with Gasteiger partial charge in [0.1, 0.15) is 6.07 Å². The van der Waals surface area contributed by atoms with Crippen molar-refractivity contribution in [1.82, 2.24) is 9.97 Å². The van der Waals surface area contributed by atoms with Crippen LogP contribution in [0, 0.1) is 11.3 Å². The zero-order valence-corrected chi connectivity index (χ0v) is 12.6. The van der Waals surface area contributed by atoms with E-state index in [2.05, 4.69) is 9.97 Å². The van der Waals surface area contributed by atoms with E-state index in [1.807, 2.05) is 33.8 Å². The van der Waals surface area contributed by atoms with Crippen molar-refractivity contribution in [1.29, 1.82) is 5.26 Å². The van der Waals surface area contributed by atoms with Crippen LogP contribution in [0.1, 0.15) is 39.1 Å². The summed E-state index contributed by atoms with van der Waals surface area (Å²) in [6, 6.07) is 1.86. The van der Waals surface area contributed by atoms with Gasteiger partial charge < -0.3 is 14.4 Å². The summed E-state index contributed by atoms with van der Waals surface area (Å²) in [7, 11) is -0.615. The molecule has 0 radical (unpaired) electrons. The van der Waals surface area contributed by atoms with Gasteiger partial charge in [-0.3, -0.25) is 0 Å². The maximum absolute atomic E-state index is 9.57. The van der Waals surface area contributed by atoms with Gasteiger partial charge in [0.05, 0.1) is 17.8 Å². The number of aliphatic hydroxyl groups is 1. The van der Waals surface area contributed by atoms with Crippen LogP contribution in [-0.4, -0.2) is 40.0 Å². The topological polar surface area (TPSA) is 88.3 Å². The van der Waals surface area contributed by atoms with Gasteiger partial charge in [0.15, 0.2) is 0 Å². The lowest BCUT2D eigenvalue weighted by atomic mass is 9.78. The van der Waals surface area contributed by atoms with E-state index in [1.165, 1.54) is 12.4 Å². The Bertz CT molecular complexity index is 574. The van der Waals surface area contributed by atoms with Crippen LogP contribution < -0.4 is 0 Å². The predicted molar refractivity (Wildman–Crippen MR) is 77.9 cm³/mol. The largest absolute Gasteiger partial charge is 0.492 e. The van der Waals surface area contributed by atoms with Gasteiger partial charge >= 0.3 is 7.12 Å². The van der Waals surface area contributed by atoms with Crippen molar-refractivity contribution in [2.24, 2.45) is 0 Å². The van der Waals surface area contributed by atoms with Crippen molar-refractivity contribution in [3.8, 4) is 6.07 Å². The van der Waals surface area contributed by atoms with Crippen molar-refractivity contribution in [2.45, 2.75) is 38.9 Å². The molecule has 0 atom stereocenters. The van der Waals surface area contributed by atoms with Crippen molar-refractivity contribution in [3.63, 3.8) is 0 Å². The summed E-state index contributed by atoms with van der Waals surface area (Å²) in [5, 5.41) is 18.2. The van der Waals surface area contributed by atoms with Crippen molar-refractivity contribution in [3.05, 3.63) is 29.3 Å². The first kappa shape index (κ1) is 15.6. The van der Waals surface area contributed by atoms with Crippen LogP contribution >= 0.6 is 0 Å². The van der Waals surface area contributed by atoms with Gasteiger partial charge in [-0.15, -0.1) is 0 Å². The minimum absolute atomic E-state index is 0.105. The van der Waals surface area contributed by atoms with Crippen LogP contribution in [0.25, 0.3) is 6.08 Å². The second kappa shape index (κ2) is 5.56. The van der Waals surface area contributed by atoms with Gasteiger partial charge in [0.25, 0.3) is 0 Å². The molecule has 0 spiro atoms. The predicted octanol–water partition coefficient (Wildman–Crippen LogP) is 1.36. The Morgan fingerprint density at radius 3 is 2.24 bits per heavy atom. The highest BCUT2D eigenvalue weighted by Crippen LogP contribution is 2.38. The molecule has 21 heavy (non-hydrogen) atoms. The third kappa shape index (κ3) is 3.13. The van der Waals surface area contributed by atoms with Crippen LogP contribution in [0.4, 0.5) is 0 Å². The normalized spacial score (nSPS) is 20.4. The Hall–Kier alpha value is -1.75. The summed E-state index contributed by atoms with van der Waals surface area (Å²) in [4.78, 5) is 7.78. The molecule has 0 bridgehead atoms. The fraction of sp³-hybridized carbons (Fsp3) is 0.500. The lowest BCUT2D eigenvalue weighted by Crippen LogP contribution is -2.41. The SMILES string of the molecule is CC1(C)OB(C(=Cc2cnc(C#N)nc2)CO)OC1(C)C. The second-order valence-electron chi connectivity index (χ2n) is 5.92. The molecule has 1 fully saturated rings. The van der Waals surface area contributed by atoms with Gasteiger partial charge in [-0.25, -0.2) is 9.97 Å². The number of hydrogen-bond acceptors (Lipinski definition) is 6. The molecule has 1 aliphatic heterocycles. The van der Waals surface area contributed by atoms with Crippen LogP contribution in [0.3, 0.4) is 0 Å². The van der Waals surface area contributed by atoms with Crippen LogP contribution in [0.15, 0.2) is 17.9 Å². The summed E-state index contributed by atoms with van der Waals surface area (Å²) >= 11 is 0. The average Bonchev–Trinajstić information content (AvgIpc) is 2.65. The smallest absolute Gasteiger partial charge is 0.400 e. The lowest BCUT2D eigenvalue weighted by Gasteiger charge is -2.32. The molecule has 1 saturated heterocycles. The first-order chi connectivity index (χ1) is 9.79. The molecule has 0 unspecified atom stereocenters. The first-order valence-electron chi connectivity index (χ1n) is 6.68. The quantitative estimate of drug-likeness (QED) is 0.844. The molecule has 6 nitrogen and oxygen atoms in total. The van der Waals surface area contributed by atoms with Gasteiger partial charge in [-0.2, -0.15) is 5.26 Å². The van der Waals surface area contributed by atoms with Gasteiger partial charge in [-0.1, -0.05) is 6.08 Å².